The molecule has 0 saturated heterocycles. The van der Waals surface area contributed by atoms with Crippen LogP contribution in [0.1, 0.15) is 5.56 Å². The van der Waals surface area contributed by atoms with Crippen LogP contribution in [0, 0.1) is 10.1 Å². The van der Waals surface area contributed by atoms with E-state index in [0.717, 1.165) is 0 Å². The molecule has 0 radical (unpaired) electrons. The van der Waals surface area contributed by atoms with Crippen LogP contribution in [0.4, 0.5) is 0 Å². The van der Waals surface area contributed by atoms with E-state index in [4.69, 9.17) is 4.74 Å². The van der Waals surface area contributed by atoms with Crippen molar-refractivity contribution in [3.05, 3.63) is 38.3 Å². The zero-order valence-corrected chi connectivity index (χ0v) is 8.58. The van der Waals surface area contributed by atoms with Gasteiger partial charge in [0.05, 0.1) is 7.11 Å². The average molecular weight is 246 g/mol. The minimum Gasteiger partial charge on any atom is -0.497 e. The van der Waals surface area contributed by atoms with Crippen molar-refractivity contribution in [2.75, 3.05) is 7.11 Å². The molecule has 0 aliphatic heterocycles. The van der Waals surface area contributed by atoms with Crippen molar-refractivity contribution in [3.8, 4) is 5.75 Å². The second-order valence-electron chi connectivity index (χ2n) is 2.45. The number of nitrogens with zero attached hydrogens (tertiary/aromatic N) is 1. The Labute approximate surface area is 83.8 Å². The topological polar surface area (TPSA) is 52.4 Å². The Morgan fingerprint density at radius 3 is 2.77 bits per heavy atom. The zero-order valence-electron chi connectivity index (χ0n) is 6.99. The second kappa shape index (κ2) is 4.23. The highest BCUT2D eigenvalue weighted by Crippen LogP contribution is 2.23. The maximum Gasteiger partial charge on any atom is 0.230 e. The predicted molar refractivity (Wildman–Crippen MR) is 51.4 cm³/mol. The van der Waals surface area contributed by atoms with Crippen LogP contribution in [0.25, 0.3) is 0 Å². The number of methoxy groups -OCH3 is 1. The maximum atomic E-state index is 10.2. The molecular weight excluding hydrogens is 238 g/mol. The molecule has 1 rings (SSSR count). The van der Waals surface area contributed by atoms with Gasteiger partial charge in [-0.25, -0.2) is 0 Å². The third-order valence-corrected chi connectivity index (χ3v) is 2.30. The molecule has 0 saturated carbocycles. The van der Waals surface area contributed by atoms with Gasteiger partial charge in [-0.2, -0.15) is 0 Å². The van der Waals surface area contributed by atoms with E-state index >= 15 is 0 Å². The first-order valence-corrected chi connectivity index (χ1v) is 4.37. The van der Waals surface area contributed by atoms with Crippen molar-refractivity contribution in [1.82, 2.24) is 0 Å². The summed E-state index contributed by atoms with van der Waals surface area (Å²) >= 11 is 3.23. The van der Waals surface area contributed by atoms with Crippen molar-refractivity contribution in [3.63, 3.8) is 0 Å². The molecule has 13 heavy (non-hydrogen) atoms. The van der Waals surface area contributed by atoms with E-state index in [-0.39, 0.29) is 11.5 Å². The molecule has 70 valence electrons. The molecule has 0 unspecified atom stereocenters. The monoisotopic (exact) mass is 245 g/mol. The molecule has 1 aromatic carbocycles. The lowest BCUT2D eigenvalue weighted by atomic mass is 10.2. The fourth-order valence-electron chi connectivity index (χ4n) is 0.922. The minimum absolute atomic E-state index is 0.176. The van der Waals surface area contributed by atoms with Crippen LogP contribution in [0.5, 0.6) is 5.75 Å². The molecule has 0 aromatic heterocycles. The van der Waals surface area contributed by atoms with Crippen molar-refractivity contribution < 1.29 is 9.66 Å². The molecule has 0 bridgehead atoms. The Bertz CT molecular complexity index is 327. The van der Waals surface area contributed by atoms with E-state index in [1.165, 1.54) is 0 Å². The molecule has 1 aromatic rings. The fourth-order valence-corrected chi connectivity index (χ4v) is 1.41. The smallest absolute Gasteiger partial charge is 0.230 e. The number of rotatable bonds is 3. The van der Waals surface area contributed by atoms with Gasteiger partial charge in [0.2, 0.25) is 6.54 Å². The number of nitro groups is 1. The van der Waals surface area contributed by atoms with Crippen LogP contribution in [0.15, 0.2) is 22.7 Å². The number of hydrogen-bond donors (Lipinski definition) is 0. The molecule has 0 aliphatic rings. The van der Waals surface area contributed by atoms with Gasteiger partial charge in [0.1, 0.15) is 5.75 Å². The predicted octanol–water partition coefficient (Wildman–Crippen LogP) is 2.23. The van der Waals surface area contributed by atoms with E-state index < -0.39 is 0 Å². The minimum atomic E-state index is -0.368. The van der Waals surface area contributed by atoms with Gasteiger partial charge >= 0.3 is 0 Å². The summed E-state index contributed by atoms with van der Waals surface area (Å²) in [6.45, 7) is -0.176. The Hall–Kier alpha value is -1.10. The van der Waals surface area contributed by atoms with Crippen molar-refractivity contribution >= 4 is 15.9 Å². The number of halogens is 1. The lowest BCUT2D eigenvalue weighted by molar-refractivity contribution is -0.497. The van der Waals surface area contributed by atoms with Crippen LogP contribution < -0.4 is 4.74 Å². The zero-order chi connectivity index (χ0) is 9.84. The Morgan fingerprint density at radius 2 is 2.31 bits per heavy atom. The van der Waals surface area contributed by atoms with E-state index in [0.29, 0.717) is 15.8 Å². The van der Waals surface area contributed by atoms with Crippen molar-refractivity contribution in [2.45, 2.75) is 6.54 Å². The highest BCUT2D eigenvalue weighted by molar-refractivity contribution is 9.10. The Kier molecular flexibility index (Phi) is 3.25. The molecule has 0 atom stereocenters. The largest absolute Gasteiger partial charge is 0.497 e. The van der Waals surface area contributed by atoms with E-state index in [2.05, 4.69) is 15.9 Å². The molecule has 0 fully saturated rings. The summed E-state index contributed by atoms with van der Waals surface area (Å²) in [5.74, 6) is 0.680. The van der Waals surface area contributed by atoms with Gasteiger partial charge in [0.15, 0.2) is 0 Å². The average Bonchev–Trinajstić information content (AvgIpc) is 2.08. The SMILES string of the molecule is COc1ccc(C[N+](=O)[O-])c(Br)c1. The molecular formula is C8H8BrNO3. The highest BCUT2D eigenvalue weighted by atomic mass is 79.9. The first-order valence-electron chi connectivity index (χ1n) is 3.57. The number of ether oxygens (including phenoxy) is 1. The van der Waals surface area contributed by atoms with Crippen LogP contribution >= 0.6 is 15.9 Å². The summed E-state index contributed by atoms with van der Waals surface area (Å²) in [7, 11) is 1.55. The first kappa shape index (κ1) is 9.98. The first-order chi connectivity index (χ1) is 6.13. The molecule has 0 aliphatic carbocycles. The Morgan fingerprint density at radius 1 is 1.62 bits per heavy atom. The van der Waals surface area contributed by atoms with Crippen molar-refractivity contribution in [2.24, 2.45) is 0 Å². The summed E-state index contributed by atoms with van der Waals surface area (Å²) < 4.78 is 5.65. The van der Waals surface area contributed by atoms with Gasteiger partial charge < -0.3 is 4.74 Å². The summed E-state index contributed by atoms with van der Waals surface area (Å²) in [5, 5.41) is 10.2. The van der Waals surface area contributed by atoms with E-state index in [9.17, 15) is 10.1 Å². The van der Waals surface area contributed by atoms with Gasteiger partial charge in [0, 0.05) is 15.0 Å². The summed E-state index contributed by atoms with van der Waals surface area (Å²) in [6, 6.07) is 5.08. The highest BCUT2D eigenvalue weighted by Gasteiger charge is 2.06. The van der Waals surface area contributed by atoms with Crippen LogP contribution in [0.2, 0.25) is 0 Å². The second-order valence-corrected chi connectivity index (χ2v) is 3.30. The standard InChI is InChI=1S/C8H8BrNO3/c1-13-7-3-2-6(5-10(11)12)8(9)4-7/h2-4H,5H2,1H3. The van der Waals surface area contributed by atoms with Gasteiger partial charge in [-0.3, -0.25) is 10.1 Å². The molecule has 5 heteroatoms. The summed E-state index contributed by atoms with van der Waals surface area (Å²) in [5.41, 5.74) is 0.644. The van der Waals surface area contributed by atoms with Crippen LogP contribution in [-0.4, -0.2) is 12.0 Å². The van der Waals surface area contributed by atoms with Gasteiger partial charge in [-0.1, -0.05) is 15.9 Å². The number of hydrogen-bond acceptors (Lipinski definition) is 3. The van der Waals surface area contributed by atoms with Crippen LogP contribution in [0.3, 0.4) is 0 Å². The van der Waals surface area contributed by atoms with Gasteiger partial charge in [-0.15, -0.1) is 0 Å². The summed E-state index contributed by atoms with van der Waals surface area (Å²) in [4.78, 5) is 9.86. The van der Waals surface area contributed by atoms with Gasteiger partial charge in [-0.05, 0) is 18.2 Å². The molecule has 0 amide bonds. The van der Waals surface area contributed by atoms with Crippen LogP contribution in [-0.2, 0) is 6.54 Å². The molecule has 0 spiro atoms. The van der Waals surface area contributed by atoms with Crippen molar-refractivity contribution in [1.29, 1.82) is 0 Å². The fraction of sp³-hybridized carbons (Fsp3) is 0.250. The summed E-state index contributed by atoms with van der Waals surface area (Å²) in [6.07, 6.45) is 0. The lowest BCUT2D eigenvalue weighted by Gasteiger charge is -2.02. The molecule has 0 N–H and O–H groups in total. The quantitative estimate of drug-likeness (QED) is 0.607. The third-order valence-electron chi connectivity index (χ3n) is 1.56. The molecule has 4 nitrogen and oxygen atoms in total. The third kappa shape index (κ3) is 2.69. The lowest BCUT2D eigenvalue weighted by Crippen LogP contribution is -1.99. The van der Waals surface area contributed by atoms with E-state index in [1.807, 2.05) is 0 Å². The number of benzene rings is 1. The van der Waals surface area contributed by atoms with Gasteiger partial charge in [0.25, 0.3) is 0 Å². The maximum absolute atomic E-state index is 10.2. The van der Waals surface area contributed by atoms with E-state index in [1.54, 1.807) is 25.3 Å². The normalized spacial score (nSPS) is 9.69. The molecule has 0 heterocycles. The Balaban J connectivity index is 2.91.